The van der Waals surface area contributed by atoms with E-state index in [2.05, 4.69) is 17.4 Å². The van der Waals surface area contributed by atoms with Gasteiger partial charge in [-0.3, -0.25) is 5.43 Å². The zero-order valence-electron chi connectivity index (χ0n) is 7.47. The standard InChI is InChI=1S/C8H18N2O/c1-8(11-2)10-7-5-3-4-6-9-10/h8-9H,3-7H2,1-2H3. The number of hydrazine groups is 1. The molecule has 1 fully saturated rings. The SMILES string of the molecule is COC(C)N1CCCCCN1. The van der Waals surface area contributed by atoms with Crippen LogP contribution in [0.5, 0.6) is 0 Å². The summed E-state index contributed by atoms with van der Waals surface area (Å²) in [5.41, 5.74) is 3.34. The van der Waals surface area contributed by atoms with E-state index < -0.39 is 0 Å². The summed E-state index contributed by atoms with van der Waals surface area (Å²) in [5, 5.41) is 2.17. The van der Waals surface area contributed by atoms with Crippen molar-refractivity contribution in [2.24, 2.45) is 0 Å². The second-order valence-electron chi connectivity index (χ2n) is 3.00. The Balaban J connectivity index is 2.30. The van der Waals surface area contributed by atoms with Crippen molar-refractivity contribution in [3.63, 3.8) is 0 Å². The topological polar surface area (TPSA) is 24.5 Å². The molecule has 1 unspecified atom stereocenters. The van der Waals surface area contributed by atoms with Crippen LogP contribution in [0.2, 0.25) is 0 Å². The van der Waals surface area contributed by atoms with Crippen LogP contribution in [-0.2, 0) is 4.74 Å². The van der Waals surface area contributed by atoms with E-state index in [1.807, 2.05) is 0 Å². The monoisotopic (exact) mass is 158 g/mol. The van der Waals surface area contributed by atoms with Gasteiger partial charge in [0.1, 0.15) is 6.23 Å². The minimum absolute atomic E-state index is 0.202. The zero-order valence-corrected chi connectivity index (χ0v) is 7.47. The minimum Gasteiger partial charge on any atom is -0.365 e. The Hall–Kier alpha value is -0.120. The fraction of sp³-hybridized carbons (Fsp3) is 1.00. The molecule has 1 heterocycles. The molecule has 3 nitrogen and oxygen atoms in total. The minimum atomic E-state index is 0.202. The van der Waals surface area contributed by atoms with Crippen LogP contribution in [0.25, 0.3) is 0 Å². The first-order valence-electron chi connectivity index (χ1n) is 4.37. The van der Waals surface area contributed by atoms with Gasteiger partial charge >= 0.3 is 0 Å². The fourth-order valence-electron chi connectivity index (χ4n) is 1.32. The van der Waals surface area contributed by atoms with Gasteiger partial charge in [0.2, 0.25) is 0 Å². The summed E-state index contributed by atoms with van der Waals surface area (Å²) < 4.78 is 5.21. The van der Waals surface area contributed by atoms with E-state index in [1.54, 1.807) is 7.11 Å². The highest BCUT2D eigenvalue weighted by Gasteiger charge is 2.13. The number of nitrogens with one attached hydrogen (secondary N) is 1. The lowest BCUT2D eigenvalue weighted by Gasteiger charge is -2.26. The summed E-state index contributed by atoms with van der Waals surface area (Å²) >= 11 is 0. The molecule has 0 amide bonds. The van der Waals surface area contributed by atoms with Crippen LogP contribution < -0.4 is 5.43 Å². The molecule has 11 heavy (non-hydrogen) atoms. The van der Waals surface area contributed by atoms with Gasteiger partial charge in [-0.15, -0.1) is 0 Å². The van der Waals surface area contributed by atoms with Gasteiger partial charge in [-0.2, -0.15) is 0 Å². The van der Waals surface area contributed by atoms with E-state index in [4.69, 9.17) is 4.74 Å². The lowest BCUT2D eigenvalue weighted by Crippen LogP contribution is -2.44. The van der Waals surface area contributed by atoms with E-state index in [-0.39, 0.29) is 6.23 Å². The van der Waals surface area contributed by atoms with Crippen molar-refractivity contribution in [1.82, 2.24) is 10.4 Å². The van der Waals surface area contributed by atoms with Crippen LogP contribution in [0.3, 0.4) is 0 Å². The molecule has 0 aliphatic carbocycles. The molecule has 1 aliphatic heterocycles. The average molecular weight is 158 g/mol. The maximum Gasteiger partial charge on any atom is 0.119 e. The number of nitrogens with zero attached hydrogens (tertiary/aromatic N) is 1. The molecular formula is C8H18N2O. The predicted octanol–water partition coefficient (Wildman–Crippen LogP) is 0.969. The largest absolute Gasteiger partial charge is 0.365 e. The maximum atomic E-state index is 5.21. The maximum absolute atomic E-state index is 5.21. The Morgan fingerprint density at radius 3 is 2.91 bits per heavy atom. The van der Waals surface area contributed by atoms with Crippen LogP contribution in [-0.4, -0.2) is 31.4 Å². The van der Waals surface area contributed by atoms with Crippen molar-refractivity contribution in [2.75, 3.05) is 20.2 Å². The molecular weight excluding hydrogens is 140 g/mol. The highest BCUT2D eigenvalue weighted by Crippen LogP contribution is 2.05. The Labute approximate surface area is 68.7 Å². The lowest BCUT2D eigenvalue weighted by molar-refractivity contribution is -0.0459. The summed E-state index contributed by atoms with van der Waals surface area (Å²) in [5.74, 6) is 0. The van der Waals surface area contributed by atoms with Crippen LogP contribution >= 0.6 is 0 Å². The first-order chi connectivity index (χ1) is 5.34. The smallest absolute Gasteiger partial charge is 0.119 e. The average Bonchev–Trinajstić information content (AvgIpc) is 2.30. The molecule has 1 saturated heterocycles. The van der Waals surface area contributed by atoms with E-state index in [0.717, 1.165) is 13.1 Å². The van der Waals surface area contributed by atoms with E-state index >= 15 is 0 Å². The Morgan fingerprint density at radius 1 is 1.36 bits per heavy atom. The van der Waals surface area contributed by atoms with Crippen molar-refractivity contribution in [1.29, 1.82) is 0 Å². The molecule has 0 saturated carbocycles. The summed E-state index contributed by atoms with van der Waals surface area (Å²) in [6.45, 7) is 4.26. The normalized spacial score (nSPS) is 24.5. The predicted molar refractivity (Wildman–Crippen MR) is 45.0 cm³/mol. The third kappa shape index (κ3) is 2.77. The first kappa shape index (κ1) is 8.97. The number of ether oxygens (including phenoxy) is 1. The van der Waals surface area contributed by atoms with Crippen molar-refractivity contribution >= 4 is 0 Å². The summed E-state index contributed by atoms with van der Waals surface area (Å²) in [6.07, 6.45) is 4.10. The highest BCUT2D eigenvalue weighted by molar-refractivity contribution is 4.59. The van der Waals surface area contributed by atoms with Gasteiger partial charge in [0.05, 0.1) is 0 Å². The number of hydrogen-bond acceptors (Lipinski definition) is 3. The summed E-state index contributed by atoms with van der Waals surface area (Å²) in [6, 6.07) is 0. The van der Waals surface area contributed by atoms with Crippen molar-refractivity contribution in [3.8, 4) is 0 Å². The van der Waals surface area contributed by atoms with Crippen LogP contribution in [0.1, 0.15) is 26.2 Å². The van der Waals surface area contributed by atoms with Crippen LogP contribution in [0, 0.1) is 0 Å². The van der Waals surface area contributed by atoms with E-state index in [1.165, 1.54) is 19.3 Å². The second-order valence-corrected chi connectivity index (χ2v) is 3.00. The van der Waals surface area contributed by atoms with Crippen molar-refractivity contribution in [2.45, 2.75) is 32.4 Å². The molecule has 66 valence electrons. The summed E-state index contributed by atoms with van der Waals surface area (Å²) in [7, 11) is 1.75. The summed E-state index contributed by atoms with van der Waals surface area (Å²) in [4.78, 5) is 0. The molecule has 0 bridgehead atoms. The van der Waals surface area contributed by atoms with Gasteiger partial charge in [-0.25, -0.2) is 5.01 Å². The van der Waals surface area contributed by atoms with Gasteiger partial charge in [0.15, 0.2) is 0 Å². The molecule has 0 spiro atoms. The molecule has 1 atom stereocenters. The molecule has 0 radical (unpaired) electrons. The third-order valence-electron chi connectivity index (χ3n) is 2.17. The molecule has 1 aliphatic rings. The quantitative estimate of drug-likeness (QED) is 0.648. The molecule has 3 heteroatoms. The van der Waals surface area contributed by atoms with Gasteiger partial charge in [-0.05, 0) is 19.8 Å². The van der Waals surface area contributed by atoms with Gasteiger partial charge in [0, 0.05) is 20.2 Å². The lowest BCUT2D eigenvalue weighted by atomic mass is 10.2. The number of methoxy groups -OCH3 is 1. The van der Waals surface area contributed by atoms with Crippen LogP contribution in [0.15, 0.2) is 0 Å². The molecule has 0 aromatic carbocycles. The zero-order chi connectivity index (χ0) is 8.10. The van der Waals surface area contributed by atoms with E-state index in [9.17, 15) is 0 Å². The molecule has 0 aromatic heterocycles. The van der Waals surface area contributed by atoms with Gasteiger partial charge < -0.3 is 4.74 Å². The van der Waals surface area contributed by atoms with Crippen molar-refractivity contribution < 1.29 is 4.74 Å². The van der Waals surface area contributed by atoms with Gasteiger partial charge in [-0.1, -0.05) is 6.42 Å². The molecule has 1 rings (SSSR count). The Bertz CT molecular complexity index is 100. The second kappa shape index (κ2) is 4.70. The highest BCUT2D eigenvalue weighted by atomic mass is 16.5. The Kier molecular flexibility index (Phi) is 3.83. The Morgan fingerprint density at radius 2 is 2.18 bits per heavy atom. The fourth-order valence-corrected chi connectivity index (χ4v) is 1.32. The van der Waals surface area contributed by atoms with Gasteiger partial charge in [0.25, 0.3) is 0 Å². The van der Waals surface area contributed by atoms with E-state index in [0.29, 0.717) is 0 Å². The molecule has 0 aromatic rings. The number of rotatable bonds is 2. The molecule has 1 N–H and O–H groups in total. The van der Waals surface area contributed by atoms with Crippen molar-refractivity contribution in [3.05, 3.63) is 0 Å². The first-order valence-corrected chi connectivity index (χ1v) is 4.37. The number of hydrogen-bond donors (Lipinski definition) is 1. The van der Waals surface area contributed by atoms with Crippen LogP contribution in [0.4, 0.5) is 0 Å². The third-order valence-corrected chi connectivity index (χ3v) is 2.17.